The number of benzene rings is 2. The number of para-hydroxylation sites is 1. The molecule has 0 radical (unpaired) electrons. The molecular formula is C22H23FN4OS2. The molecule has 0 fully saturated rings. The number of halogens is 1. The van der Waals surface area contributed by atoms with Gasteiger partial charge in [0.25, 0.3) is 0 Å². The summed E-state index contributed by atoms with van der Waals surface area (Å²) < 4.78 is 16.3. The van der Waals surface area contributed by atoms with Crippen LogP contribution in [0.2, 0.25) is 0 Å². The molecule has 0 atom stereocenters. The fourth-order valence-corrected chi connectivity index (χ4v) is 5.22. The van der Waals surface area contributed by atoms with Crippen LogP contribution in [0, 0.1) is 11.7 Å². The number of carbonyl (C=O) groups excluding carboxylic acids is 1. The number of carbonyl (C=O) groups is 1. The first kappa shape index (κ1) is 20.9. The zero-order valence-electron chi connectivity index (χ0n) is 16.9. The van der Waals surface area contributed by atoms with E-state index in [4.69, 9.17) is 0 Å². The van der Waals surface area contributed by atoms with E-state index < -0.39 is 0 Å². The molecule has 1 aromatic heterocycles. The van der Waals surface area contributed by atoms with Gasteiger partial charge in [-0.15, -0.1) is 22.0 Å². The van der Waals surface area contributed by atoms with Gasteiger partial charge >= 0.3 is 0 Å². The average molecular weight is 443 g/mol. The molecule has 0 spiro atoms. The Hall–Kier alpha value is -2.32. The molecule has 0 unspecified atom stereocenters. The Balaban J connectivity index is 1.55. The molecule has 2 heterocycles. The molecule has 0 N–H and O–H groups in total. The van der Waals surface area contributed by atoms with Gasteiger partial charge in [0, 0.05) is 23.7 Å². The van der Waals surface area contributed by atoms with Crippen LogP contribution >= 0.6 is 23.5 Å². The molecule has 1 aliphatic heterocycles. The maximum absolute atomic E-state index is 14.3. The Labute approximate surface area is 184 Å². The van der Waals surface area contributed by atoms with Crippen LogP contribution in [0.1, 0.15) is 13.8 Å². The zero-order chi connectivity index (χ0) is 21.1. The van der Waals surface area contributed by atoms with Gasteiger partial charge in [0.2, 0.25) is 5.91 Å². The van der Waals surface area contributed by atoms with Crippen molar-refractivity contribution in [2.75, 3.05) is 23.0 Å². The van der Waals surface area contributed by atoms with Gasteiger partial charge in [0.15, 0.2) is 11.0 Å². The molecule has 8 heteroatoms. The number of nitrogens with zero attached hydrogens (tertiary/aromatic N) is 4. The summed E-state index contributed by atoms with van der Waals surface area (Å²) in [5.41, 5.74) is 1.39. The Morgan fingerprint density at radius 1 is 1.17 bits per heavy atom. The van der Waals surface area contributed by atoms with Crippen molar-refractivity contribution < 1.29 is 9.18 Å². The lowest BCUT2D eigenvalue weighted by atomic mass is 10.2. The van der Waals surface area contributed by atoms with Crippen molar-refractivity contribution >= 4 is 35.1 Å². The van der Waals surface area contributed by atoms with Crippen LogP contribution in [0.5, 0.6) is 0 Å². The SMILES string of the molecule is CC(C)Cn1c(SCC(=O)N2CCSc3ccccc32)nnc1-c1ccccc1F. The molecule has 1 aliphatic rings. The minimum absolute atomic E-state index is 0.0410. The van der Waals surface area contributed by atoms with Crippen LogP contribution in [0.25, 0.3) is 11.4 Å². The van der Waals surface area contributed by atoms with E-state index in [2.05, 4.69) is 24.0 Å². The molecule has 4 rings (SSSR count). The van der Waals surface area contributed by atoms with Gasteiger partial charge in [-0.2, -0.15) is 0 Å². The lowest BCUT2D eigenvalue weighted by Crippen LogP contribution is -2.36. The zero-order valence-corrected chi connectivity index (χ0v) is 18.5. The van der Waals surface area contributed by atoms with Gasteiger partial charge in [0.1, 0.15) is 5.82 Å². The third-order valence-electron chi connectivity index (χ3n) is 4.73. The molecule has 0 saturated heterocycles. The predicted molar refractivity (Wildman–Crippen MR) is 120 cm³/mol. The van der Waals surface area contributed by atoms with E-state index in [0.717, 1.165) is 16.3 Å². The first-order chi connectivity index (χ1) is 14.5. The first-order valence-electron chi connectivity index (χ1n) is 9.87. The van der Waals surface area contributed by atoms with E-state index in [1.165, 1.54) is 17.8 Å². The first-order valence-corrected chi connectivity index (χ1v) is 11.8. The molecule has 156 valence electrons. The second-order valence-electron chi connectivity index (χ2n) is 7.44. The van der Waals surface area contributed by atoms with Crippen molar-refractivity contribution in [2.45, 2.75) is 30.4 Å². The molecule has 0 aliphatic carbocycles. The highest BCUT2D eigenvalue weighted by Crippen LogP contribution is 2.35. The topological polar surface area (TPSA) is 51.0 Å². The third-order valence-corrected chi connectivity index (χ3v) is 6.73. The smallest absolute Gasteiger partial charge is 0.237 e. The average Bonchev–Trinajstić information content (AvgIpc) is 3.13. The molecule has 1 amide bonds. The number of hydrogen-bond acceptors (Lipinski definition) is 5. The molecule has 3 aromatic rings. The van der Waals surface area contributed by atoms with E-state index in [0.29, 0.717) is 35.6 Å². The molecule has 30 heavy (non-hydrogen) atoms. The number of rotatable bonds is 6. The predicted octanol–water partition coefficient (Wildman–Crippen LogP) is 4.97. The van der Waals surface area contributed by atoms with Crippen molar-refractivity contribution in [1.82, 2.24) is 14.8 Å². The van der Waals surface area contributed by atoms with E-state index in [1.807, 2.05) is 33.7 Å². The number of amides is 1. The van der Waals surface area contributed by atoms with E-state index in [1.54, 1.807) is 30.0 Å². The third kappa shape index (κ3) is 4.39. The summed E-state index contributed by atoms with van der Waals surface area (Å²) >= 11 is 3.13. The Bertz CT molecular complexity index is 1050. The van der Waals surface area contributed by atoms with E-state index in [-0.39, 0.29) is 17.5 Å². The van der Waals surface area contributed by atoms with Crippen LogP contribution in [-0.4, -0.2) is 38.7 Å². The van der Waals surface area contributed by atoms with Gasteiger partial charge in [-0.25, -0.2) is 4.39 Å². The highest BCUT2D eigenvalue weighted by molar-refractivity contribution is 8.00. The lowest BCUT2D eigenvalue weighted by Gasteiger charge is -2.28. The van der Waals surface area contributed by atoms with Crippen molar-refractivity contribution in [1.29, 1.82) is 0 Å². The maximum atomic E-state index is 14.3. The quantitative estimate of drug-likeness (QED) is 0.505. The van der Waals surface area contributed by atoms with Crippen molar-refractivity contribution in [3.8, 4) is 11.4 Å². The minimum atomic E-state index is -0.329. The van der Waals surface area contributed by atoms with Gasteiger partial charge < -0.3 is 9.47 Å². The van der Waals surface area contributed by atoms with Gasteiger partial charge in [-0.1, -0.05) is 49.9 Å². The van der Waals surface area contributed by atoms with Gasteiger partial charge in [-0.05, 0) is 30.2 Å². The Morgan fingerprint density at radius 3 is 2.73 bits per heavy atom. The van der Waals surface area contributed by atoms with Gasteiger partial charge in [0.05, 0.1) is 17.0 Å². The molecule has 5 nitrogen and oxygen atoms in total. The summed E-state index contributed by atoms with van der Waals surface area (Å²) in [6.45, 7) is 5.52. The monoisotopic (exact) mass is 442 g/mol. The maximum Gasteiger partial charge on any atom is 0.237 e. The summed E-state index contributed by atoms with van der Waals surface area (Å²) in [5, 5.41) is 9.17. The van der Waals surface area contributed by atoms with Crippen LogP contribution < -0.4 is 4.90 Å². The summed E-state index contributed by atoms with van der Waals surface area (Å²) in [4.78, 5) is 16.0. The minimum Gasteiger partial charge on any atom is -0.310 e. The van der Waals surface area contributed by atoms with E-state index >= 15 is 0 Å². The molecule has 0 saturated carbocycles. The van der Waals surface area contributed by atoms with Crippen LogP contribution in [0.3, 0.4) is 0 Å². The number of thioether (sulfide) groups is 2. The standard InChI is InChI=1S/C22H23FN4OS2/c1-15(2)13-27-21(16-7-3-4-8-17(16)23)24-25-22(27)30-14-20(28)26-11-12-29-19-10-6-5-9-18(19)26/h3-10,15H,11-14H2,1-2H3. The largest absolute Gasteiger partial charge is 0.310 e. The fraction of sp³-hybridized carbons (Fsp3) is 0.318. The lowest BCUT2D eigenvalue weighted by molar-refractivity contribution is -0.116. The summed E-state index contributed by atoms with van der Waals surface area (Å²) in [7, 11) is 0. The Morgan fingerprint density at radius 2 is 1.93 bits per heavy atom. The molecular weight excluding hydrogens is 419 g/mol. The molecule has 0 bridgehead atoms. The summed E-state index contributed by atoms with van der Waals surface area (Å²) in [5.74, 6) is 1.68. The number of fused-ring (bicyclic) bond motifs is 1. The van der Waals surface area contributed by atoms with E-state index in [9.17, 15) is 9.18 Å². The normalized spacial score (nSPS) is 13.5. The Kier molecular flexibility index (Phi) is 6.43. The highest BCUT2D eigenvalue weighted by atomic mass is 32.2. The summed E-state index contributed by atoms with van der Waals surface area (Å²) in [6, 6.07) is 14.6. The second kappa shape index (κ2) is 9.22. The second-order valence-corrected chi connectivity index (χ2v) is 9.52. The number of aromatic nitrogens is 3. The molecule has 2 aromatic carbocycles. The van der Waals surface area contributed by atoms with Crippen molar-refractivity contribution in [2.24, 2.45) is 5.92 Å². The van der Waals surface area contributed by atoms with Crippen LogP contribution in [0.15, 0.2) is 58.6 Å². The fourth-order valence-electron chi connectivity index (χ4n) is 3.40. The van der Waals surface area contributed by atoms with Crippen LogP contribution in [-0.2, 0) is 11.3 Å². The summed E-state index contributed by atoms with van der Waals surface area (Å²) in [6.07, 6.45) is 0. The number of anilines is 1. The van der Waals surface area contributed by atoms with Crippen molar-refractivity contribution in [3.63, 3.8) is 0 Å². The highest BCUT2D eigenvalue weighted by Gasteiger charge is 2.24. The number of hydrogen-bond donors (Lipinski definition) is 0. The van der Waals surface area contributed by atoms with Crippen LogP contribution in [0.4, 0.5) is 10.1 Å². The van der Waals surface area contributed by atoms with Crippen molar-refractivity contribution in [3.05, 3.63) is 54.3 Å². The van der Waals surface area contributed by atoms with Gasteiger partial charge in [-0.3, -0.25) is 4.79 Å².